The summed E-state index contributed by atoms with van der Waals surface area (Å²) in [4.78, 5) is 11.4. The van der Waals surface area contributed by atoms with E-state index in [1.165, 1.54) is 12.1 Å². The highest BCUT2D eigenvalue weighted by molar-refractivity contribution is 5.91. The molecule has 5 nitrogen and oxygen atoms in total. The average Bonchev–Trinajstić information content (AvgIpc) is 2.90. The summed E-state index contributed by atoms with van der Waals surface area (Å²) >= 11 is 0. The van der Waals surface area contributed by atoms with Crippen LogP contribution in [0.15, 0.2) is 66.4 Å². The van der Waals surface area contributed by atoms with Gasteiger partial charge in [-0.05, 0) is 74.6 Å². The number of rotatable bonds is 12. The molecule has 1 aromatic heterocycles. The van der Waals surface area contributed by atoms with E-state index >= 15 is 0 Å². The summed E-state index contributed by atoms with van der Waals surface area (Å²) in [5, 5.41) is 3.59. The van der Waals surface area contributed by atoms with E-state index in [2.05, 4.69) is 34.0 Å². The summed E-state index contributed by atoms with van der Waals surface area (Å²) < 4.78 is 79.9. The van der Waals surface area contributed by atoms with Crippen LogP contribution in [0.2, 0.25) is 0 Å². The maximum absolute atomic E-state index is 13.6. The van der Waals surface area contributed by atoms with Gasteiger partial charge in [-0.1, -0.05) is 38.3 Å². The summed E-state index contributed by atoms with van der Waals surface area (Å²) in [6, 6.07) is 9.54. The zero-order chi connectivity index (χ0) is 30.2. The molecule has 0 saturated carbocycles. The third kappa shape index (κ3) is 9.21. The van der Waals surface area contributed by atoms with Gasteiger partial charge in [0.1, 0.15) is 11.6 Å². The second kappa shape index (κ2) is 13.8. The minimum atomic E-state index is -4.54. The zero-order valence-corrected chi connectivity index (χ0v) is 23.3. The highest BCUT2D eigenvalue weighted by Crippen LogP contribution is 2.33. The number of unbranched alkanes of at least 4 members (excludes halogenated alkanes) is 2. The lowest BCUT2D eigenvalue weighted by atomic mass is 10.0. The van der Waals surface area contributed by atoms with Crippen molar-refractivity contribution in [2.45, 2.75) is 70.9 Å². The predicted octanol–water partition coefficient (Wildman–Crippen LogP) is 8.30. The van der Waals surface area contributed by atoms with Crippen molar-refractivity contribution in [3.63, 3.8) is 0 Å². The van der Waals surface area contributed by atoms with Crippen LogP contribution in [0.1, 0.15) is 56.5 Å². The Morgan fingerprint density at radius 2 is 1.73 bits per heavy atom. The fourth-order valence-corrected chi connectivity index (χ4v) is 4.31. The number of halogens is 6. The Balaban J connectivity index is 2.00. The molecule has 3 N–H and O–H groups in total. The monoisotopic (exact) mass is 579 g/mol. The van der Waals surface area contributed by atoms with Crippen molar-refractivity contribution in [2.75, 3.05) is 12.4 Å². The van der Waals surface area contributed by atoms with Crippen molar-refractivity contribution in [3.05, 3.63) is 83.3 Å². The number of aromatic nitrogens is 2. The van der Waals surface area contributed by atoms with Gasteiger partial charge in [0.2, 0.25) is 0 Å². The second-order valence-electron chi connectivity index (χ2n) is 10.1. The molecule has 0 saturated heterocycles. The standard InChI is InChI=1S/C30H35F6N5/c1-4-5-6-8-20(2)41(3)19-27-39-26-18-21(17-23(9-7-16-37)30(34,35)36)10-15-25(26)28(40-27)38-24-13-11-22(12-14-24)29(31,32)33/h7,9-16,18,20H,4-6,8,17,19,37H2,1-3H3,(H,38,39,40)/b16-7-,23-9+. The minimum Gasteiger partial charge on any atom is -0.405 e. The topological polar surface area (TPSA) is 67.1 Å². The fourth-order valence-electron chi connectivity index (χ4n) is 4.31. The number of hydrogen-bond donors (Lipinski definition) is 2. The van der Waals surface area contributed by atoms with E-state index < -0.39 is 23.5 Å². The number of anilines is 2. The number of nitrogens with one attached hydrogen (secondary N) is 1. The SMILES string of the molecule is CCCCCC(C)N(C)Cc1nc(Nc2ccc(C(F)(F)F)cc2)c2ccc(C/C(=C\C=C/N)C(F)(F)F)cc2n1. The molecular formula is C30H35F6N5. The number of nitrogens with zero attached hydrogens (tertiary/aromatic N) is 3. The van der Waals surface area contributed by atoms with Gasteiger partial charge < -0.3 is 11.1 Å². The summed E-state index contributed by atoms with van der Waals surface area (Å²) in [5.74, 6) is 0.785. The molecule has 0 amide bonds. The molecule has 41 heavy (non-hydrogen) atoms. The summed E-state index contributed by atoms with van der Waals surface area (Å²) in [5.41, 5.74) is 4.87. The van der Waals surface area contributed by atoms with Crippen LogP contribution in [-0.4, -0.2) is 34.1 Å². The number of fused-ring (bicyclic) bond motifs is 1. The Labute approximate surface area is 236 Å². The Bertz CT molecular complexity index is 1350. The molecule has 1 heterocycles. The van der Waals surface area contributed by atoms with Crippen LogP contribution in [0.5, 0.6) is 0 Å². The quantitative estimate of drug-likeness (QED) is 0.128. The Morgan fingerprint density at radius 3 is 2.34 bits per heavy atom. The number of alkyl halides is 6. The van der Waals surface area contributed by atoms with Crippen LogP contribution >= 0.6 is 0 Å². The number of nitrogens with two attached hydrogens (primary N) is 1. The van der Waals surface area contributed by atoms with E-state index in [1.54, 1.807) is 18.2 Å². The molecule has 0 radical (unpaired) electrons. The second-order valence-corrected chi connectivity index (χ2v) is 10.1. The van der Waals surface area contributed by atoms with Crippen LogP contribution in [0, 0.1) is 0 Å². The Morgan fingerprint density at radius 1 is 1.02 bits per heavy atom. The maximum Gasteiger partial charge on any atom is 0.416 e. The molecule has 1 unspecified atom stereocenters. The first kappa shape index (κ1) is 31.9. The summed E-state index contributed by atoms with van der Waals surface area (Å²) in [6.45, 7) is 4.63. The number of benzene rings is 2. The van der Waals surface area contributed by atoms with Gasteiger partial charge >= 0.3 is 12.4 Å². The fraction of sp³-hybridized carbons (Fsp3) is 0.400. The van der Waals surface area contributed by atoms with Crippen LogP contribution in [0.25, 0.3) is 10.9 Å². The summed E-state index contributed by atoms with van der Waals surface area (Å²) in [6.07, 6.45) is -1.99. The molecule has 222 valence electrons. The highest BCUT2D eigenvalue weighted by atomic mass is 19.4. The predicted molar refractivity (Wildman–Crippen MR) is 151 cm³/mol. The van der Waals surface area contributed by atoms with Gasteiger partial charge in [-0.15, -0.1) is 0 Å². The van der Waals surface area contributed by atoms with Crippen molar-refractivity contribution >= 4 is 22.4 Å². The van der Waals surface area contributed by atoms with E-state index in [0.29, 0.717) is 40.3 Å². The maximum atomic E-state index is 13.6. The largest absolute Gasteiger partial charge is 0.416 e. The third-order valence-electron chi connectivity index (χ3n) is 6.82. The molecule has 0 aliphatic rings. The highest BCUT2D eigenvalue weighted by Gasteiger charge is 2.33. The molecule has 2 aromatic carbocycles. The molecule has 0 aliphatic heterocycles. The number of allylic oxidation sites excluding steroid dienone is 3. The molecule has 0 fully saturated rings. The molecule has 0 bridgehead atoms. The van der Waals surface area contributed by atoms with Gasteiger partial charge in [0, 0.05) is 29.1 Å². The Hall–Kier alpha value is -3.60. The lowest BCUT2D eigenvalue weighted by Gasteiger charge is -2.24. The van der Waals surface area contributed by atoms with E-state index in [0.717, 1.165) is 56.2 Å². The lowest BCUT2D eigenvalue weighted by Crippen LogP contribution is -2.29. The number of hydrogen-bond acceptors (Lipinski definition) is 5. The normalized spacial score (nSPS) is 13.9. The molecule has 3 rings (SSSR count). The first-order valence-electron chi connectivity index (χ1n) is 13.4. The molecule has 0 aliphatic carbocycles. The smallest absolute Gasteiger partial charge is 0.405 e. The van der Waals surface area contributed by atoms with Crippen LogP contribution in [0.4, 0.5) is 37.8 Å². The van der Waals surface area contributed by atoms with Crippen molar-refractivity contribution in [1.82, 2.24) is 14.9 Å². The van der Waals surface area contributed by atoms with Crippen molar-refractivity contribution in [1.29, 1.82) is 0 Å². The molecule has 0 spiro atoms. The van der Waals surface area contributed by atoms with Gasteiger partial charge in [0.15, 0.2) is 0 Å². The average molecular weight is 580 g/mol. The zero-order valence-electron chi connectivity index (χ0n) is 23.3. The van der Waals surface area contributed by atoms with Crippen molar-refractivity contribution in [2.24, 2.45) is 5.73 Å². The van der Waals surface area contributed by atoms with Crippen LogP contribution in [-0.2, 0) is 19.1 Å². The Kier molecular flexibility index (Phi) is 10.8. The molecule has 3 aromatic rings. The van der Waals surface area contributed by atoms with Crippen LogP contribution < -0.4 is 11.1 Å². The lowest BCUT2D eigenvalue weighted by molar-refractivity contribution is -0.137. The first-order valence-corrected chi connectivity index (χ1v) is 13.4. The van der Waals surface area contributed by atoms with E-state index in [-0.39, 0.29) is 12.5 Å². The molecule has 11 heteroatoms. The van der Waals surface area contributed by atoms with Gasteiger partial charge in [0.05, 0.1) is 17.6 Å². The van der Waals surface area contributed by atoms with Crippen molar-refractivity contribution in [3.8, 4) is 0 Å². The van der Waals surface area contributed by atoms with E-state index in [1.807, 2.05) is 7.05 Å². The summed E-state index contributed by atoms with van der Waals surface area (Å²) in [7, 11) is 1.95. The molecular weight excluding hydrogens is 544 g/mol. The van der Waals surface area contributed by atoms with Crippen molar-refractivity contribution < 1.29 is 26.3 Å². The first-order chi connectivity index (χ1) is 19.3. The van der Waals surface area contributed by atoms with Gasteiger partial charge in [-0.25, -0.2) is 9.97 Å². The van der Waals surface area contributed by atoms with Gasteiger partial charge in [-0.2, -0.15) is 26.3 Å². The third-order valence-corrected chi connectivity index (χ3v) is 6.82. The van der Waals surface area contributed by atoms with Gasteiger partial charge in [-0.3, -0.25) is 4.90 Å². The minimum absolute atomic E-state index is 0.244. The van der Waals surface area contributed by atoms with E-state index in [9.17, 15) is 26.3 Å². The molecule has 1 atom stereocenters. The van der Waals surface area contributed by atoms with Crippen LogP contribution in [0.3, 0.4) is 0 Å². The van der Waals surface area contributed by atoms with E-state index in [4.69, 9.17) is 5.73 Å². The van der Waals surface area contributed by atoms with Gasteiger partial charge in [0.25, 0.3) is 0 Å².